The highest BCUT2D eigenvalue weighted by Gasteiger charge is 2.30. The molecule has 0 bridgehead atoms. The summed E-state index contributed by atoms with van der Waals surface area (Å²) in [5, 5.41) is 17.4. The highest BCUT2D eigenvalue weighted by atomic mass is 19.4. The third kappa shape index (κ3) is 5.13. The minimum absolute atomic E-state index is 0.0147. The van der Waals surface area contributed by atoms with E-state index in [0.29, 0.717) is 39.1 Å². The molecule has 0 unspecified atom stereocenters. The van der Waals surface area contributed by atoms with E-state index < -0.39 is 23.6 Å². The lowest BCUT2D eigenvalue weighted by atomic mass is 9.92. The van der Waals surface area contributed by atoms with Crippen LogP contribution in [0.4, 0.5) is 29.2 Å². The van der Waals surface area contributed by atoms with E-state index in [2.05, 4.69) is 25.6 Å². The van der Waals surface area contributed by atoms with E-state index in [1.165, 1.54) is 36.5 Å². The molecule has 7 nitrogen and oxygen atoms in total. The van der Waals surface area contributed by atoms with Gasteiger partial charge in [-0.3, -0.25) is 4.79 Å². The molecule has 5 rings (SSSR count). The van der Waals surface area contributed by atoms with Crippen LogP contribution in [0.1, 0.15) is 21.5 Å². The zero-order chi connectivity index (χ0) is 28.6. The average Bonchev–Trinajstić information content (AvgIpc) is 2.93. The maximum absolute atomic E-state index is 13.6. The van der Waals surface area contributed by atoms with Crippen LogP contribution in [0.15, 0.2) is 73.1 Å². The van der Waals surface area contributed by atoms with E-state index in [9.17, 15) is 27.5 Å². The number of nitrogens with zero attached hydrogens (tertiary/aromatic N) is 3. The molecule has 202 valence electrons. The predicted molar refractivity (Wildman–Crippen MR) is 144 cm³/mol. The van der Waals surface area contributed by atoms with E-state index in [4.69, 9.17) is 0 Å². The highest BCUT2D eigenvalue weighted by molar-refractivity contribution is 6.06. The Balaban J connectivity index is 1.62. The first-order chi connectivity index (χ1) is 19.0. The zero-order valence-corrected chi connectivity index (χ0v) is 21.1. The van der Waals surface area contributed by atoms with Gasteiger partial charge in [-0.05, 0) is 66.6 Å². The minimum atomic E-state index is -4.55. The van der Waals surface area contributed by atoms with Crippen molar-refractivity contribution in [1.29, 1.82) is 0 Å². The van der Waals surface area contributed by atoms with Crippen molar-refractivity contribution in [2.45, 2.75) is 13.1 Å². The SMILES string of the molecule is CNc1ncc2cc(-c3cc(C(=O)Nc4cccc(C(F)(F)F)c4)ccc3C)c(O)c(-c3ccc(F)nc3)c2n1. The summed E-state index contributed by atoms with van der Waals surface area (Å²) in [6.45, 7) is 1.78. The number of alkyl halides is 3. The van der Waals surface area contributed by atoms with Gasteiger partial charge in [0.05, 0.1) is 16.6 Å². The van der Waals surface area contributed by atoms with E-state index in [-0.39, 0.29) is 22.6 Å². The molecule has 0 saturated carbocycles. The molecule has 3 N–H and O–H groups in total. The number of amides is 1. The van der Waals surface area contributed by atoms with Crippen LogP contribution in [-0.2, 0) is 6.18 Å². The lowest BCUT2D eigenvalue weighted by molar-refractivity contribution is -0.137. The third-order valence-electron chi connectivity index (χ3n) is 6.32. The third-order valence-corrected chi connectivity index (χ3v) is 6.32. The van der Waals surface area contributed by atoms with Crippen LogP contribution in [0.5, 0.6) is 5.75 Å². The largest absolute Gasteiger partial charge is 0.507 e. The van der Waals surface area contributed by atoms with Crippen molar-refractivity contribution in [2.24, 2.45) is 0 Å². The van der Waals surface area contributed by atoms with Gasteiger partial charge < -0.3 is 15.7 Å². The van der Waals surface area contributed by atoms with Crippen LogP contribution >= 0.6 is 0 Å². The van der Waals surface area contributed by atoms with Gasteiger partial charge >= 0.3 is 6.18 Å². The Morgan fingerprint density at radius 3 is 2.45 bits per heavy atom. The molecule has 2 heterocycles. The van der Waals surface area contributed by atoms with Crippen molar-refractivity contribution >= 4 is 28.4 Å². The molecule has 3 aromatic carbocycles. The molecule has 40 heavy (non-hydrogen) atoms. The van der Waals surface area contributed by atoms with Crippen LogP contribution in [-0.4, -0.2) is 33.0 Å². The smallest absolute Gasteiger partial charge is 0.416 e. The molecular formula is C29H21F4N5O2. The lowest BCUT2D eigenvalue weighted by Crippen LogP contribution is -2.13. The fourth-order valence-corrected chi connectivity index (χ4v) is 4.32. The number of rotatable bonds is 5. The van der Waals surface area contributed by atoms with Gasteiger partial charge in [-0.1, -0.05) is 12.1 Å². The Kier molecular flexibility index (Phi) is 6.80. The molecule has 0 fully saturated rings. The molecular weight excluding hydrogens is 526 g/mol. The average molecular weight is 548 g/mol. The first kappa shape index (κ1) is 26.5. The van der Waals surface area contributed by atoms with Gasteiger partial charge in [-0.15, -0.1) is 0 Å². The molecule has 0 spiro atoms. The highest BCUT2D eigenvalue weighted by Crippen LogP contribution is 2.44. The standard InChI is InChI=1S/C29H21F4N5O2/c1-15-6-7-16(27(40)37-20-5-3-4-19(12-20)29(31,32)33)10-21(15)22-11-18-14-36-28(34-2)38-25(18)24(26(22)39)17-8-9-23(30)35-13-17/h3-14,39H,1-2H3,(H,37,40)(H,34,36,38). The Bertz CT molecular complexity index is 1760. The molecule has 1 amide bonds. The molecule has 0 aliphatic heterocycles. The second-order valence-electron chi connectivity index (χ2n) is 8.96. The number of benzene rings is 3. The van der Waals surface area contributed by atoms with E-state index in [0.717, 1.165) is 18.2 Å². The summed E-state index contributed by atoms with van der Waals surface area (Å²) in [7, 11) is 1.65. The van der Waals surface area contributed by atoms with Crippen LogP contribution in [0.25, 0.3) is 33.2 Å². The van der Waals surface area contributed by atoms with Gasteiger partial charge in [0.2, 0.25) is 11.9 Å². The molecule has 0 aliphatic carbocycles. The second kappa shape index (κ2) is 10.3. The second-order valence-corrected chi connectivity index (χ2v) is 8.96. The fraction of sp³-hybridized carbons (Fsp3) is 0.103. The number of fused-ring (bicyclic) bond motifs is 1. The van der Waals surface area contributed by atoms with Gasteiger partial charge in [0, 0.05) is 47.2 Å². The number of pyridine rings is 1. The van der Waals surface area contributed by atoms with Crippen LogP contribution in [0, 0.1) is 12.9 Å². The van der Waals surface area contributed by atoms with Gasteiger partial charge in [-0.2, -0.15) is 17.6 Å². The first-order valence-electron chi connectivity index (χ1n) is 12.0. The number of aromatic hydroxyl groups is 1. The number of anilines is 2. The number of phenols is 1. The van der Waals surface area contributed by atoms with E-state index >= 15 is 0 Å². The summed E-state index contributed by atoms with van der Waals surface area (Å²) >= 11 is 0. The maximum Gasteiger partial charge on any atom is 0.416 e. The van der Waals surface area contributed by atoms with Crippen molar-refractivity contribution in [3.8, 4) is 28.0 Å². The number of carbonyl (C=O) groups is 1. The quantitative estimate of drug-likeness (QED) is 0.165. The summed E-state index contributed by atoms with van der Waals surface area (Å²) in [6.07, 6.45) is -1.71. The number of hydrogen-bond donors (Lipinski definition) is 3. The van der Waals surface area contributed by atoms with Crippen molar-refractivity contribution in [3.63, 3.8) is 0 Å². The maximum atomic E-state index is 13.6. The first-order valence-corrected chi connectivity index (χ1v) is 12.0. The number of nitrogens with one attached hydrogen (secondary N) is 2. The van der Waals surface area contributed by atoms with E-state index in [1.807, 2.05) is 0 Å². The minimum Gasteiger partial charge on any atom is -0.507 e. The summed E-state index contributed by atoms with van der Waals surface area (Å²) < 4.78 is 52.9. The Morgan fingerprint density at radius 2 is 1.75 bits per heavy atom. The monoisotopic (exact) mass is 547 g/mol. The predicted octanol–water partition coefficient (Wildman–Crippen LogP) is 6.82. The van der Waals surface area contributed by atoms with Crippen molar-refractivity contribution < 1.29 is 27.5 Å². The lowest BCUT2D eigenvalue weighted by Gasteiger charge is -2.16. The van der Waals surface area contributed by atoms with E-state index in [1.54, 1.807) is 32.3 Å². The molecule has 11 heteroatoms. The molecule has 0 aliphatic rings. The van der Waals surface area contributed by atoms with Gasteiger partial charge in [-0.25, -0.2) is 15.0 Å². The fourth-order valence-electron chi connectivity index (χ4n) is 4.32. The summed E-state index contributed by atoms with van der Waals surface area (Å²) in [5.41, 5.74) is 1.89. The number of halogens is 4. The summed E-state index contributed by atoms with van der Waals surface area (Å²) in [4.78, 5) is 25.5. The van der Waals surface area contributed by atoms with Crippen LogP contribution in [0.3, 0.4) is 0 Å². The molecule has 5 aromatic rings. The normalized spacial score (nSPS) is 11.4. The van der Waals surface area contributed by atoms with Crippen molar-refractivity contribution in [3.05, 3.63) is 95.7 Å². The number of phenolic OH excluding ortho intramolecular Hbond substituents is 1. The summed E-state index contributed by atoms with van der Waals surface area (Å²) in [5.74, 6) is -1.20. The van der Waals surface area contributed by atoms with Gasteiger partial charge in [0.15, 0.2) is 0 Å². The molecule has 0 radical (unpaired) electrons. The zero-order valence-electron chi connectivity index (χ0n) is 21.1. The van der Waals surface area contributed by atoms with Crippen LogP contribution in [0.2, 0.25) is 0 Å². The Hall–Kier alpha value is -5.06. The van der Waals surface area contributed by atoms with Crippen LogP contribution < -0.4 is 10.6 Å². The number of aromatic nitrogens is 3. The number of aryl methyl sites for hydroxylation is 1. The molecule has 0 atom stereocenters. The number of hydrogen-bond acceptors (Lipinski definition) is 6. The Morgan fingerprint density at radius 1 is 0.950 bits per heavy atom. The molecule has 0 saturated heterocycles. The van der Waals surface area contributed by atoms with Gasteiger partial charge in [0.1, 0.15) is 5.75 Å². The topological polar surface area (TPSA) is 100 Å². The molecule has 2 aromatic heterocycles. The van der Waals surface area contributed by atoms with Gasteiger partial charge in [0.25, 0.3) is 5.91 Å². The number of carbonyl (C=O) groups excluding carboxylic acids is 1. The van der Waals surface area contributed by atoms with Crippen molar-refractivity contribution in [1.82, 2.24) is 15.0 Å². The Labute approximate surface area is 225 Å². The summed E-state index contributed by atoms with van der Waals surface area (Å²) in [6, 6.07) is 13.4. The van der Waals surface area contributed by atoms with Crippen molar-refractivity contribution in [2.75, 3.05) is 17.7 Å².